The molecule has 0 amide bonds. The average molecular weight is 325 g/mol. The molecule has 0 spiro atoms. The molecule has 0 aromatic carbocycles. The van der Waals surface area contributed by atoms with Gasteiger partial charge in [0.2, 0.25) is 0 Å². The van der Waals surface area contributed by atoms with Crippen molar-refractivity contribution in [1.29, 1.82) is 0 Å². The Balaban J connectivity index is 1.31. The van der Waals surface area contributed by atoms with E-state index in [1.807, 2.05) is 12.3 Å². The summed E-state index contributed by atoms with van der Waals surface area (Å²) in [6.45, 7) is 3.28. The molecule has 0 unspecified atom stereocenters. The van der Waals surface area contributed by atoms with Crippen LogP contribution in [0.3, 0.4) is 0 Å². The maximum Gasteiger partial charge on any atom is 0.0543 e. The number of aromatic nitrogens is 3. The van der Waals surface area contributed by atoms with Crippen molar-refractivity contribution >= 4 is 0 Å². The van der Waals surface area contributed by atoms with Gasteiger partial charge in [-0.15, -0.1) is 0 Å². The van der Waals surface area contributed by atoms with Gasteiger partial charge in [-0.2, -0.15) is 5.10 Å². The van der Waals surface area contributed by atoms with Crippen LogP contribution in [0.5, 0.6) is 0 Å². The van der Waals surface area contributed by atoms with Crippen LogP contribution in [0.1, 0.15) is 48.7 Å². The third kappa shape index (κ3) is 3.37. The Kier molecular flexibility index (Phi) is 4.63. The summed E-state index contributed by atoms with van der Waals surface area (Å²) in [7, 11) is 2.07. The standard InChI is InChI=1S/C19H27N5/c1-23-19-7-4-6-18(17(19)13-21-23)22-15-8-11-24(12-9-15)14-16-5-2-3-10-20-16/h2-3,5,10,13,15,18,22H,4,6-9,11-12,14H2,1H3/t18-/m0/s1. The van der Waals surface area contributed by atoms with Crippen LogP contribution in [0.2, 0.25) is 0 Å². The lowest BCUT2D eigenvalue weighted by Gasteiger charge is -2.35. The lowest BCUT2D eigenvalue weighted by atomic mass is 9.91. The largest absolute Gasteiger partial charge is 0.307 e. The second-order valence-electron chi connectivity index (χ2n) is 7.15. The highest BCUT2D eigenvalue weighted by molar-refractivity contribution is 5.24. The summed E-state index contributed by atoms with van der Waals surface area (Å²) < 4.78 is 2.05. The molecule has 5 nitrogen and oxygen atoms in total. The normalized spacial score (nSPS) is 22.5. The van der Waals surface area contributed by atoms with Crippen molar-refractivity contribution in [3.63, 3.8) is 0 Å². The van der Waals surface area contributed by atoms with Crippen molar-refractivity contribution in [3.05, 3.63) is 47.5 Å². The van der Waals surface area contributed by atoms with E-state index >= 15 is 0 Å². The topological polar surface area (TPSA) is 46.0 Å². The van der Waals surface area contributed by atoms with E-state index in [1.54, 1.807) is 0 Å². The number of fused-ring (bicyclic) bond motifs is 1. The lowest BCUT2D eigenvalue weighted by Crippen LogP contribution is -2.44. The summed E-state index contributed by atoms with van der Waals surface area (Å²) in [5.41, 5.74) is 4.03. The quantitative estimate of drug-likeness (QED) is 0.938. The van der Waals surface area contributed by atoms with Gasteiger partial charge in [0.25, 0.3) is 0 Å². The average Bonchev–Trinajstić information content (AvgIpc) is 3.00. The molecule has 0 radical (unpaired) electrons. The van der Waals surface area contributed by atoms with Crippen molar-refractivity contribution in [2.45, 2.75) is 50.7 Å². The minimum Gasteiger partial charge on any atom is -0.307 e. The second kappa shape index (κ2) is 7.03. The molecule has 3 heterocycles. The fourth-order valence-electron chi connectivity index (χ4n) is 4.14. The van der Waals surface area contributed by atoms with Crippen LogP contribution in [0.4, 0.5) is 0 Å². The Morgan fingerprint density at radius 2 is 2.08 bits per heavy atom. The van der Waals surface area contributed by atoms with E-state index in [0.717, 1.165) is 19.6 Å². The van der Waals surface area contributed by atoms with Gasteiger partial charge in [-0.25, -0.2) is 0 Å². The third-order valence-electron chi connectivity index (χ3n) is 5.51. The Labute approximate surface area is 144 Å². The molecule has 1 fully saturated rings. The van der Waals surface area contributed by atoms with Crippen molar-refractivity contribution in [2.24, 2.45) is 7.05 Å². The maximum atomic E-state index is 4.46. The fraction of sp³-hybridized carbons (Fsp3) is 0.579. The molecule has 1 aliphatic heterocycles. The van der Waals surface area contributed by atoms with Gasteiger partial charge in [0.15, 0.2) is 0 Å². The van der Waals surface area contributed by atoms with Crippen molar-refractivity contribution in [3.8, 4) is 0 Å². The first-order chi connectivity index (χ1) is 11.8. The minimum atomic E-state index is 0.495. The Morgan fingerprint density at radius 3 is 2.88 bits per heavy atom. The van der Waals surface area contributed by atoms with Crippen LogP contribution in [-0.2, 0) is 20.0 Å². The highest BCUT2D eigenvalue weighted by Gasteiger charge is 2.27. The minimum absolute atomic E-state index is 0.495. The van der Waals surface area contributed by atoms with Gasteiger partial charge in [-0.05, 0) is 44.2 Å². The Bertz CT molecular complexity index is 658. The molecule has 0 bridgehead atoms. The molecule has 2 aromatic heterocycles. The molecular formula is C19H27N5. The van der Waals surface area contributed by atoms with E-state index in [0.29, 0.717) is 12.1 Å². The van der Waals surface area contributed by atoms with Gasteiger partial charge in [0.05, 0.1) is 11.9 Å². The SMILES string of the molecule is Cn1ncc2c1CCC[C@@H]2NC1CCN(Cc2ccccn2)CC1. The smallest absolute Gasteiger partial charge is 0.0543 e. The molecule has 128 valence electrons. The van der Waals surface area contributed by atoms with Gasteiger partial charge in [-0.1, -0.05) is 6.07 Å². The van der Waals surface area contributed by atoms with Gasteiger partial charge < -0.3 is 5.32 Å². The van der Waals surface area contributed by atoms with Gasteiger partial charge in [0, 0.05) is 56.2 Å². The first-order valence-corrected chi connectivity index (χ1v) is 9.18. The lowest BCUT2D eigenvalue weighted by molar-refractivity contribution is 0.180. The van der Waals surface area contributed by atoms with Crippen LogP contribution in [0.25, 0.3) is 0 Å². The number of nitrogens with one attached hydrogen (secondary N) is 1. The van der Waals surface area contributed by atoms with Crippen molar-refractivity contribution in [1.82, 2.24) is 25.0 Å². The third-order valence-corrected chi connectivity index (χ3v) is 5.51. The molecule has 2 aliphatic rings. The number of hydrogen-bond donors (Lipinski definition) is 1. The van der Waals surface area contributed by atoms with Gasteiger partial charge >= 0.3 is 0 Å². The number of pyridine rings is 1. The highest BCUT2D eigenvalue weighted by atomic mass is 15.3. The summed E-state index contributed by atoms with van der Waals surface area (Å²) in [4.78, 5) is 6.97. The van der Waals surface area contributed by atoms with Gasteiger partial charge in [-0.3, -0.25) is 14.6 Å². The zero-order chi connectivity index (χ0) is 16.4. The number of rotatable bonds is 4. The number of nitrogens with zero attached hydrogens (tertiary/aromatic N) is 4. The highest BCUT2D eigenvalue weighted by Crippen LogP contribution is 2.30. The zero-order valence-electron chi connectivity index (χ0n) is 14.5. The number of aryl methyl sites for hydroxylation is 1. The summed E-state index contributed by atoms with van der Waals surface area (Å²) in [6.07, 6.45) is 10.1. The predicted molar refractivity (Wildman–Crippen MR) is 94.6 cm³/mol. The van der Waals surface area contributed by atoms with E-state index in [1.165, 1.54) is 49.1 Å². The molecule has 1 atom stereocenters. The van der Waals surface area contributed by atoms with E-state index in [9.17, 15) is 0 Å². The first kappa shape index (κ1) is 15.8. The van der Waals surface area contributed by atoms with E-state index in [-0.39, 0.29) is 0 Å². The summed E-state index contributed by atoms with van der Waals surface area (Å²) in [5, 5.41) is 8.38. The maximum absolute atomic E-state index is 4.46. The Hall–Kier alpha value is -1.72. The molecule has 24 heavy (non-hydrogen) atoms. The summed E-state index contributed by atoms with van der Waals surface area (Å²) >= 11 is 0. The van der Waals surface area contributed by atoms with Gasteiger partial charge in [0.1, 0.15) is 0 Å². The zero-order valence-corrected chi connectivity index (χ0v) is 14.5. The molecule has 2 aromatic rings. The van der Waals surface area contributed by atoms with Crippen LogP contribution in [0.15, 0.2) is 30.6 Å². The predicted octanol–water partition coefficient (Wildman–Crippen LogP) is 2.45. The molecule has 1 saturated heterocycles. The van der Waals surface area contributed by atoms with E-state index in [2.05, 4.69) is 50.4 Å². The Morgan fingerprint density at radius 1 is 1.21 bits per heavy atom. The number of likely N-dealkylation sites (tertiary alicyclic amines) is 1. The number of hydrogen-bond acceptors (Lipinski definition) is 4. The molecule has 0 saturated carbocycles. The molecule has 1 aliphatic carbocycles. The van der Waals surface area contributed by atoms with Crippen LogP contribution >= 0.6 is 0 Å². The molecule has 1 N–H and O–H groups in total. The van der Waals surface area contributed by atoms with E-state index < -0.39 is 0 Å². The first-order valence-electron chi connectivity index (χ1n) is 9.18. The van der Waals surface area contributed by atoms with Crippen LogP contribution in [0, 0.1) is 0 Å². The second-order valence-corrected chi connectivity index (χ2v) is 7.15. The molecular weight excluding hydrogens is 298 g/mol. The fourth-order valence-corrected chi connectivity index (χ4v) is 4.14. The monoisotopic (exact) mass is 325 g/mol. The van der Waals surface area contributed by atoms with Crippen molar-refractivity contribution in [2.75, 3.05) is 13.1 Å². The number of piperidine rings is 1. The molecule has 5 heteroatoms. The van der Waals surface area contributed by atoms with Crippen LogP contribution < -0.4 is 5.32 Å². The summed E-state index contributed by atoms with van der Waals surface area (Å²) in [6, 6.07) is 7.30. The van der Waals surface area contributed by atoms with Crippen LogP contribution in [-0.4, -0.2) is 38.8 Å². The summed E-state index contributed by atoms with van der Waals surface area (Å²) in [5.74, 6) is 0. The van der Waals surface area contributed by atoms with E-state index in [4.69, 9.17) is 0 Å². The molecule has 4 rings (SSSR count). The van der Waals surface area contributed by atoms with Crippen molar-refractivity contribution < 1.29 is 0 Å².